The summed E-state index contributed by atoms with van der Waals surface area (Å²) < 4.78 is 22.0. The molecule has 0 aliphatic carbocycles. The molecule has 0 spiro atoms. The van der Waals surface area contributed by atoms with Crippen molar-refractivity contribution in [3.63, 3.8) is 0 Å². The minimum Gasteiger partial charge on any atom is -0.488 e. The lowest BCUT2D eigenvalue weighted by Gasteiger charge is -2.26. The molecule has 0 saturated heterocycles. The molecular formula is C24H19FN6O2. The van der Waals surface area contributed by atoms with Gasteiger partial charge in [-0.1, -0.05) is 30.3 Å². The van der Waals surface area contributed by atoms with E-state index in [1.165, 1.54) is 22.4 Å². The zero-order chi connectivity index (χ0) is 22.4. The van der Waals surface area contributed by atoms with E-state index in [0.29, 0.717) is 28.8 Å². The van der Waals surface area contributed by atoms with Crippen molar-refractivity contribution >= 4 is 27.9 Å². The maximum absolute atomic E-state index is 14.7. The standard InChI is InChI=1S/C24H19FN6O2/c25-18-6-2-3-7-19(18)31-22-16(21-17(23(31)32)13-28-30-21)12-27-24(29-22)26-11-15-10-9-14-5-1-4-8-20(14)33-15/h1-8,12-13,15H,9-11H2,(H,28,30)(H,26,27,29). The fraction of sp³-hybridized carbons (Fsp3) is 0.167. The highest BCUT2D eigenvalue weighted by Crippen LogP contribution is 2.27. The molecule has 1 atom stereocenters. The highest BCUT2D eigenvalue weighted by Gasteiger charge is 2.21. The molecule has 1 aliphatic heterocycles. The number of H-pyrrole nitrogens is 1. The minimum absolute atomic E-state index is 0.0388. The topological polar surface area (TPSA) is 97.7 Å². The lowest BCUT2D eigenvalue weighted by atomic mass is 10.0. The number of para-hydroxylation sites is 2. The summed E-state index contributed by atoms with van der Waals surface area (Å²) in [6, 6.07) is 14.1. The zero-order valence-electron chi connectivity index (χ0n) is 17.5. The van der Waals surface area contributed by atoms with Gasteiger partial charge >= 0.3 is 0 Å². The molecule has 33 heavy (non-hydrogen) atoms. The summed E-state index contributed by atoms with van der Waals surface area (Å²) in [5, 5.41) is 10.9. The SMILES string of the molecule is O=c1c2cn[nH]c2c2cnc(NCC3CCc4ccccc4O3)nc2n1-c1ccccc1F. The van der Waals surface area contributed by atoms with Gasteiger partial charge in [0.2, 0.25) is 5.95 Å². The Balaban J connectivity index is 1.39. The van der Waals surface area contributed by atoms with Gasteiger partial charge in [0.25, 0.3) is 5.56 Å². The maximum Gasteiger partial charge on any atom is 0.267 e. The number of aryl methyl sites for hydroxylation is 1. The first-order chi connectivity index (χ1) is 16.2. The fourth-order valence-corrected chi connectivity index (χ4v) is 4.26. The zero-order valence-corrected chi connectivity index (χ0v) is 17.5. The van der Waals surface area contributed by atoms with Gasteiger partial charge in [-0.3, -0.25) is 14.5 Å². The number of aromatic nitrogens is 5. The van der Waals surface area contributed by atoms with E-state index in [4.69, 9.17) is 4.74 Å². The summed E-state index contributed by atoms with van der Waals surface area (Å²) in [4.78, 5) is 22.2. The number of benzene rings is 2. The molecule has 6 rings (SSSR count). The number of nitrogens with zero attached hydrogens (tertiary/aromatic N) is 4. The van der Waals surface area contributed by atoms with Gasteiger partial charge in [-0.2, -0.15) is 10.1 Å². The van der Waals surface area contributed by atoms with Crippen LogP contribution in [0, 0.1) is 5.82 Å². The van der Waals surface area contributed by atoms with Crippen molar-refractivity contribution in [2.75, 3.05) is 11.9 Å². The summed E-state index contributed by atoms with van der Waals surface area (Å²) in [5.74, 6) is 0.699. The van der Waals surface area contributed by atoms with Gasteiger partial charge in [-0.05, 0) is 36.6 Å². The van der Waals surface area contributed by atoms with Gasteiger partial charge in [0.15, 0.2) is 5.65 Å². The number of hydrogen-bond acceptors (Lipinski definition) is 6. The second-order valence-corrected chi connectivity index (χ2v) is 7.95. The average molecular weight is 442 g/mol. The van der Waals surface area contributed by atoms with Crippen LogP contribution in [0.15, 0.2) is 65.7 Å². The number of rotatable bonds is 4. The van der Waals surface area contributed by atoms with E-state index in [1.807, 2.05) is 18.2 Å². The van der Waals surface area contributed by atoms with Crippen molar-refractivity contribution in [1.82, 2.24) is 24.7 Å². The lowest BCUT2D eigenvalue weighted by molar-refractivity contribution is 0.185. The molecule has 0 fully saturated rings. The molecule has 0 saturated carbocycles. The van der Waals surface area contributed by atoms with E-state index in [2.05, 4.69) is 31.5 Å². The highest BCUT2D eigenvalue weighted by molar-refractivity contribution is 6.02. The van der Waals surface area contributed by atoms with E-state index in [-0.39, 0.29) is 17.4 Å². The Labute approximate surface area is 187 Å². The first-order valence-electron chi connectivity index (χ1n) is 10.7. The Hall–Kier alpha value is -4.27. The summed E-state index contributed by atoms with van der Waals surface area (Å²) in [7, 11) is 0. The van der Waals surface area contributed by atoms with Crippen molar-refractivity contribution in [3.8, 4) is 11.4 Å². The number of nitrogens with one attached hydrogen (secondary N) is 2. The largest absolute Gasteiger partial charge is 0.488 e. The molecule has 164 valence electrons. The Morgan fingerprint density at radius 2 is 1.97 bits per heavy atom. The Morgan fingerprint density at radius 1 is 1.12 bits per heavy atom. The second-order valence-electron chi connectivity index (χ2n) is 7.95. The van der Waals surface area contributed by atoms with Crippen LogP contribution in [0.3, 0.4) is 0 Å². The molecule has 0 bridgehead atoms. The van der Waals surface area contributed by atoms with Crippen LogP contribution in [-0.4, -0.2) is 37.4 Å². The number of ether oxygens (including phenoxy) is 1. The third-order valence-electron chi connectivity index (χ3n) is 5.91. The molecular weight excluding hydrogens is 423 g/mol. The molecule has 0 radical (unpaired) electrons. The van der Waals surface area contributed by atoms with Gasteiger partial charge < -0.3 is 10.1 Å². The van der Waals surface area contributed by atoms with E-state index in [1.54, 1.807) is 24.4 Å². The third-order valence-corrected chi connectivity index (χ3v) is 5.91. The molecule has 4 heterocycles. The predicted molar refractivity (Wildman–Crippen MR) is 122 cm³/mol. The Kier molecular flexibility index (Phi) is 4.53. The van der Waals surface area contributed by atoms with Crippen molar-refractivity contribution in [2.45, 2.75) is 18.9 Å². The van der Waals surface area contributed by atoms with Crippen LogP contribution < -0.4 is 15.6 Å². The van der Waals surface area contributed by atoms with Crippen molar-refractivity contribution in [3.05, 3.63) is 82.7 Å². The van der Waals surface area contributed by atoms with Crippen LogP contribution in [0.4, 0.5) is 10.3 Å². The monoisotopic (exact) mass is 442 g/mol. The summed E-state index contributed by atoms with van der Waals surface area (Å²) in [5.41, 5.74) is 1.71. The second kappa shape index (κ2) is 7.70. The van der Waals surface area contributed by atoms with Crippen LogP contribution in [0.25, 0.3) is 27.6 Å². The average Bonchev–Trinajstić information content (AvgIpc) is 3.34. The van der Waals surface area contributed by atoms with E-state index in [0.717, 1.165) is 18.6 Å². The molecule has 1 aliphatic rings. The number of anilines is 1. The Morgan fingerprint density at radius 3 is 2.88 bits per heavy atom. The maximum atomic E-state index is 14.7. The predicted octanol–water partition coefficient (Wildman–Crippen LogP) is 3.60. The number of pyridine rings is 1. The number of aromatic amines is 1. The lowest BCUT2D eigenvalue weighted by Crippen LogP contribution is -2.30. The van der Waals surface area contributed by atoms with Gasteiger partial charge in [0.1, 0.15) is 17.7 Å². The van der Waals surface area contributed by atoms with Crippen molar-refractivity contribution in [2.24, 2.45) is 0 Å². The third kappa shape index (κ3) is 3.29. The number of fused-ring (bicyclic) bond motifs is 4. The van der Waals surface area contributed by atoms with Crippen molar-refractivity contribution < 1.29 is 9.13 Å². The van der Waals surface area contributed by atoms with E-state index < -0.39 is 11.4 Å². The van der Waals surface area contributed by atoms with Gasteiger partial charge in [0.05, 0.1) is 34.7 Å². The quantitative estimate of drug-likeness (QED) is 0.441. The van der Waals surface area contributed by atoms with Gasteiger partial charge in [-0.15, -0.1) is 0 Å². The molecule has 0 amide bonds. The molecule has 8 nitrogen and oxygen atoms in total. The van der Waals surface area contributed by atoms with Gasteiger partial charge in [-0.25, -0.2) is 9.37 Å². The van der Waals surface area contributed by atoms with Crippen LogP contribution in [0.2, 0.25) is 0 Å². The first-order valence-corrected chi connectivity index (χ1v) is 10.7. The van der Waals surface area contributed by atoms with Crippen LogP contribution in [0.5, 0.6) is 5.75 Å². The number of halogens is 1. The molecule has 1 unspecified atom stereocenters. The van der Waals surface area contributed by atoms with Crippen LogP contribution >= 0.6 is 0 Å². The van der Waals surface area contributed by atoms with E-state index >= 15 is 0 Å². The van der Waals surface area contributed by atoms with Gasteiger partial charge in [0, 0.05) is 6.20 Å². The highest BCUT2D eigenvalue weighted by atomic mass is 19.1. The molecule has 3 aromatic heterocycles. The van der Waals surface area contributed by atoms with E-state index in [9.17, 15) is 9.18 Å². The molecule has 2 aromatic carbocycles. The minimum atomic E-state index is -0.522. The smallest absolute Gasteiger partial charge is 0.267 e. The molecule has 9 heteroatoms. The molecule has 2 N–H and O–H groups in total. The first kappa shape index (κ1) is 19.4. The molecule has 5 aromatic rings. The summed E-state index contributed by atoms with van der Waals surface area (Å²) in [6.45, 7) is 0.496. The summed E-state index contributed by atoms with van der Waals surface area (Å²) >= 11 is 0. The number of hydrogen-bond donors (Lipinski definition) is 2. The Bertz CT molecular complexity index is 1560. The summed E-state index contributed by atoms with van der Waals surface area (Å²) in [6.07, 6.45) is 4.80. The van der Waals surface area contributed by atoms with Crippen molar-refractivity contribution in [1.29, 1.82) is 0 Å². The fourth-order valence-electron chi connectivity index (χ4n) is 4.26. The van der Waals surface area contributed by atoms with Crippen LogP contribution in [0.1, 0.15) is 12.0 Å². The normalized spacial score (nSPS) is 15.4. The van der Waals surface area contributed by atoms with Crippen LogP contribution in [-0.2, 0) is 6.42 Å².